The predicted octanol–water partition coefficient (Wildman–Crippen LogP) is 3.32. The van der Waals surface area contributed by atoms with E-state index in [0.717, 1.165) is 12.1 Å². The quantitative estimate of drug-likeness (QED) is 0.826. The Bertz CT molecular complexity index is 823. The van der Waals surface area contributed by atoms with Gasteiger partial charge in [0.05, 0.1) is 19.0 Å². The van der Waals surface area contributed by atoms with Crippen molar-refractivity contribution >= 4 is 11.6 Å². The molecule has 3 rings (SSSR count). The van der Waals surface area contributed by atoms with E-state index in [-0.39, 0.29) is 12.0 Å². The zero-order valence-electron chi connectivity index (χ0n) is 15.1. The van der Waals surface area contributed by atoms with E-state index in [1.807, 2.05) is 0 Å². The van der Waals surface area contributed by atoms with E-state index in [9.17, 15) is 18.7 Å². The van der Waals surface area contributed by atoms with Gasteiger partial charge < -0.3 is 19.9 Å². The van der Waals surface area contributed by atoms with Crippen molar-refractivity contribution in [2.45, 2.75) is 31.0 Å². The van der Waals surface area contributed by atoms with Gasteiger partial charge in [-0.05, 0) is 48.8 Å². The number of hydrogen-bond donors (Lipinski definition) is 2. The third-order valence-corrected chi connectivity index (χ3v) is 4.87. The molecule has 1 amide bonds. The van der Waals surface area contributed by atoms with Gasteiger partial charge in [0, 0.05) is 19.1 Å². The van der Waals surface area contributed by atoms with Gasteiger partial charge in [-0.2, -0.15) is 0 Å². The van der Waals surface area contributed by atoms with Gasteiger partial charge in [-0.15, -0.1) is 0 Å². The number of benzene rings is 1. The second kappa shape index (κ2) is 7.62. The molecular formula is C20H21F2NO4. The van der Waals surface area contributed by atoms with E-state index in [0.29, 0.717) is 24.2 Å². The number of ether oxygens (including phenoxy) is 2. The summed E-state index contributed by atoms with van der Waals surface area (Å²) in [4.78, 5) is 12.2. The van der Waals surface area contributed by atoms with Crippen LogP contribution in [0.1, 0.15) is 24.8 Å². The molecule has 2 aliphatic carbocycles. The Morgan fingerprint density at radius 2 is 2.00 bits per heavy atom. The van der Waals surface area contributed by atoms with Gasteiger partial charge in [-0.25, -0.2) is 8.78 Å². The van der Waals surface area contributed by atoms with Crippen molar-refractivity contribution in [1.29, 1.82) is 0 Å². The lowest BCUT2D eigenvalue weighted by Crippen LogP contribution is -2.29. The maximum absolute atomic E-state index is 14.6. The largest absolute Gasteiger partial charge is 0.501 e. The lowest BCUT2D eigenvalue weighted by atomic mass is 9.86. The van der Waals surface area contributed by atoms with Crippen LogP contribution in [0.2, 0.25) is 0 Å². The number of anilines is 1. The molecular weight excluding hydrogens is 356 g/mol. The van der Waals surface area contributed by atoms with Crippen LogP contribution in [0.5, 0.6) is 0 Å². The highest BCUT2D eigenvalue weighted by Crippen LogP contribution is 2.38. The molecule has 0 saturated heterocycles. The Hall–Kier alpha value is -2.51. The summed E-state index contributed by atoms with van der Waals surface area (Å²) < 4.78 is 40.0. The fourth-order valence-electron chi connectivity index (χ4n) is 3.31. The van der Waals surface area contributed by atoms with Crippen LogP contribution in [0.3, 0.4) is 0 Å². The fourth-order valence-corrected chi connectivity index (χ4v) is 3.31. The monoisotopic (exact) mass is 377 g/mol. The molecule has 2 N–H and O–H groups in total. The predicted molar refractivity (Wildman–Crippen MR) is 95.8 cm³/mol. The van der Waals surface area contributed by atoms with Crippen molar-refractivity contribution < 1.29 is 28.2 Å². The zero-order valence-corrected chi connectivity index (χ0v) is 15.1. The average Bonchev–Trinajstić information content (AvgIpc) is 3.10. The number of aliphatic hydroxyl groups is 1. The number of carbonyl (C=O) groups excluding carboxylic acids is 1. The molecule has 0 fully saturated rings. The summed E-state index contributed by atoms with van der Waals surface area (Å²) in [5.41, 5.74) is -1.02. The molecule has 0 saturated carbocycles. The van der Waals surface area contributed by atoms with Crippen molar-refractivity contribution in [3.05, 3.63) is 65.0 Å². The Kier molecular flexibility index (Phi) is 5.43. The van der Waals surface area contributed by atoms with Gasteiger partial charge in [-0.1, -0.05) is 6.08 Å². The molecule has 0 aromatic heterocycles. The Morgan fingerprint density at radius 3 is 2.56 bits per heavy atom. The second-order valence-corrected chi connectivity index (χ2v) is 6.53. The summed E-state index contributed by atoms with van der Waals surface area (Å²) in [6.45, 7) is 0. The summed E-state index contributed by atoms with van der Waals surface area (Å²) in [6, 6.07) is 2.28. The van der Waals surface area contributed by atoms with Crippen molar-refractivity contribution in [2.75, 3.05) is 19.5 Å². The first kappa shape index (κ1) is 19.3. The first-order valence-corrected chi connectivity index (χ1v) is 8.55. The second-order valence-electron chi connectivity index (χ2n) is 6.53. The van der Waals surface area contributed by atoms with E-state index in [4.69, 9.17) is 9.47 Å². The topological polar surface area (TPSA) is 67.8 Å². The molecule has 1 aromatic carbocycles. The highest BCUT2D eigenvalue weighted by molar-refractivity contribution is 6.04. The molecule has 0 heterocycles. The van der Waals surface area contributed by atoms with E-state index in [1.165, 1.54) is 20.3 Å². The van der Waals surface area contributed by atoms with Crippen LogP contribution >= 0.6 is 0 Å². The molecule has 2 atom stereocenters. The zero-order chi connectivity index (χ0) is 19.6. The highest BCUT2D eigenvalue weighted by Gasteiger charge is 2.34. The summed E-state index contributed by atoms with van der Waals surface area (Å²) in [6.07, 6.45) is 6.91. The molecule has 2 aliphatic rings. The van der Waals surface area contributed by atoms with Crippen LogP contribution in [-0.2, 0) is 19.9 Å². The Morgan fingerprint density at radius 1 is 1.30 bits per heavy atom. The third kappa shape index (κ3) is 3.79. The van der Waals surface area contributed by atoms with Crippen molar-refractivity contribution in [1.82, 2.24) is 0 Å². The molecule has 1 aromatic rings. The van der Waals surface area contributed by atoms with Crippen LogP contribution in [-0.4, -0.2) is 31.3 Å². The van der Waals surface area contributed by atoms with Crippen LogP contribution in [0.4, 0.5) is 14.5 Å². The minimum absolute atomic E-state index is 0.271. The smallest absolute Gasteiger partial charge is 0.251 e. The molecule has 0 radical (unpaired) electrons. The summed E-state index contributed by atoms with van der Waals surface area (Å²) >= 11 is 0. The molecule has 2 unspecified atom stereocenters. The van der Waals surface area contributed by atoms with Crippen LogP contribution in [0.15, 0.2) is 47.8 Å². The minimum atomic E-state index is -1.07. The minimum Gasteiger partial charge on any atom is -0.501 e. The van der Waals surface area contributed by atoms with Gasteiger partial charge in [0.25, 0.3) is 5.91 Å². The molecule has 7 heteroatoms. The number of halogens is 2. The van der Waals surface area contributed by atoms with Crippen molar-refractivity contribution in [3.63, 3.8) is 0 Å². The van der Waals surface area contributed by atoms with Gasteiger partial charge in [0.15, 0.2) is 0 Å². The fraction of sp³-hybridized carbons (Fsp3) is 0.350. The molecule has 144 valence electrons. The standard InChI is InChI=1S/C20H21F2NO4/c1-26-15-4-3-7-20(11-15,27-2)13-9-16(21)18(17(22)10-13)23-19(25)12-5-6-14(24)8-12/h3-4,7-10,14,24H,5-6,11H2,1-2H3,(H,23,25). The van der Waals surface area contributed by atoms with Crippen LogP contribution < -0.4 is 5.32 Å². The van der Waals surface area contributed by atoms with Crippen molar-refractivity contribution in [2.24, 2.45) is 0 Å². The number of allylic oxidation sites excluding steroid dienone is 2. The van der Waals surface area contributed by atoms with E-state index < -0.39 is 34.9 Å². The lowest BCUT2D eigenvalue weighted by molar-refractivity contribution is -0.113. The number of rotatable bonds is 5. The van der Waals surface area contributed by atoms with Gasteiger partial charge in [-0.3, -0.25) is 4.79 Å². The average molecular weight is 377 g/mol. The molecule has 0 bridgehead atoms. The van der Waals surface area contributed by atoms with Crippen LogP contribution in [0, 0.1) is 11.6 Å². The number of carbonyl (C=O) groups is 1. The summed E-state index contributed by atoms with van der Waals surface area (Å²) in [7, 11) is 2.96. The number of nitrogens with one attached hydrogen (secondary N) is 1. The molecule has 0 spiro atoms. The Labute approximate surface area is 156 Å². The van der Waals surface area contributed by atoms with E-state index in [2.05, 4.69) is 5.32 Å². The number of methoxy groups -OCH3 is 2. The number of aliphatic hydroxyl groups excluding tert-OH is 1. The summed E-state index contributed by atoms with van der Waals surface area (Å²) in [5, 5.41) is 11.7. The molecule has 0 aliphatic heterocycles. The van der Waals surface area contributed by atoms with Gasteiger partial charge in [0.2, 0.25) is 0 Å². The third-order valence-electron chi connectivity index (χ3n) is 4.87. The number of amides is 1. The number of hydrogen-bond acceptors (Lipinski definition) is 4. The van der Waals surface area contributed by atoms with Gasteiger partial charge >= 0.3 is 0 Å². The highest BCUT2D eigenvalue weighted by atomic mass is 19.1. The molecule has 27 heavy (non-hydrogen) atoms. The maximum Gasteiger partial charge on any atom is 0.251 e. The first-order valence-electron chi connectivity index (χ1n) is 8.55. The van der Waals surface area contributed by atoms with Crippen LogP contribution in [0.25, 0.3) is 0 Å². The van der Waals surface area contributed by atoms with E-state index in [1.54, 1.807) is 18.2 Å². The van der Waals surface area contributed by atoms with E-state index >= 15 is 0 Å². The normalized spacial score (nSPS) is 24.4. The summed E-state index contributed by atoms with van der Waals surface area (Å²) in [5.74, 6) is -1.82. The Balaban J connectivity index is 1.89. The SMILES string of the molecule is COC1=CC=CC(OC)(c2cc(F)c(NC(=O)C3=CC(O)CC3)c(F)c2)C1. The van der Waals surface area contributed by atoms with Crippen molar-refractivity contribution in [3.8, 4) is 0 Å². The maximum atomic E-state index is 14.6. The molecule has 5 nitrogen and oxygen atoms in total. The lowest BCUT2D eigenvalue weighted by Gasteiger charge is -2.32. The van der Waals surface area contributed by atoms with Gasteiger partial charge in [0.1, 0.15) is 22.9 Å². The first-order chi connectivity index (χ1) is 12.9.